The van der Waals surface area contributed by atoms with Crippen LogP contribution in [0.25, 0.3) is 0 Å². The van der Waals surface area contributed by atoms with Gasteiger partial charge >= 0.3 is 0 Å². The molecule has 14 heavy (non-hydrogen) atoms. The van der Waals surface area contributed by atoms with E-state index in [1.807, 2.05) is 0 Å². The molecule has 0 aromatic heterocycles. The first kappa shape index (κ1) is 9.04. The molecule has 2 nitrogen and oxygen atoms in total. The SMILES string of the molecule is O=[C-]OC12CC3CC(CC(C3)C1)C2.[Rf]. The van der Waals surface area contributed by atoms with E-state index in [4.69, 9.17) is 4.74 Å². The van der Waals surface area contributed by atoms with Crippen LogP contribution >= 0.6 is 0 Å². The van der Waals surface area contributed by atoms with Crippen molar-refractivity contribution >= 4 is 6.47 Å². The Balaban J connectivity index is 0.000000750. The van der Waals surface area contributed by atoms with Crippen molar-refractivity contribution < 1.29 is 9.53 Å². The maximum absolute atomic E-state index is 10.3. The second kappa shape index (κ2) is 2.73. The summed E-state index contributed by atoms with van der Waals surface area (Å²) in [7, 11) is 0. The smallest absolute Gasteiger partial charge is 0.0718 e. The Morgan fingerprint density at radius 1 is 1.00 bits per heavy atom. The molecule has 0 unspecified atom stereocenters. The number of carbonyl (C=O) groups excluding carboxylic acids is 1. The summed E-state index contributed by atoms with van der Waals surface area (Å²) in [4.78, 5) is 10.3. The molecule has 0 aromatic carbocycles. The quantitative estimate of drug-likeness (QED) is 0.608. The zero-order valence-electron chi connectivity index (χ0n) is 8.50. The summed E-state index contributed by atoms with van der Waals surface area (Å²) in [6.45, 7) is 1.67. The average Bonchev–Trinajstić information content (AvgIpc) is 2.00. The Kier molecular flexibility index (Phi) is 1.76. The molecule has 0 aliphatic heterocycles. The van der Waals surface area contributed by atoms with E-state index in [0.717, 1.165) is 37.0 Å². The van der Waals surface area contributed by atoms with Crippen LogP contribution < -0.4 is 0 Å². The van der Waals surface area contributed by atoms with Gasteiger partial charge in [-0.3, -0.25) is 0 Å². The molecule has 4 rings (SSSR count). The van der Waals surface area contributed by atoms with Crippen LogP contribution in [0.3, 0.4) is 0 Å². The number of hydrogen-bond donors (Lipinski definition) is 0. The number of hydrogen-bond acceptors (Lipinski definition) is 2. The van der Waals surface area contributed by atoms with E-state index >= 15 is 0 Å². The molecule has 74 valence electrons. The van der Waals surface area contributed by atoms with Crippen LogP contribution in [0.15, 0.2) is 0 Å². The standard InChI is InChI=1S/C11H15O2.Rf/c12-7-13-11-4-8-1-9(5-11)3-10(2-8)6-11;/h8-10H,1-6H2;/q-1;. The molecule has 0 N–H and O–H groups in total. The summed E-state index contributed by atoms with van der Waals surface area (Å²) in [5.74, 6) is 2.54. The molecule has 0 aromatic rings. The molecule has 4 bridgehead atoms. The summed E-state index contributed by atoms with van der Waals surface area (Å²) in [6, 6.07) is 0. The van der Waals surface area contributed by atoms with Gasteiger partial charge in [0.25, 0.3) is 0 Å². The van der Waals surface area contributed by atoms with E-state index in [1.54, 1.807) is 6.47 Å². The van der Waals surface area contributed by atoms with Gasteiger partial charge < -0.3 is 9.53 Å². The van der Waals surface area contributed by atoms with Crippen molar-refractivity contribution in [1.82, 2.24) is 0 Å². The topological polar surface area (TPSA) is 26.3 Å². The fraction of sp³-hybridized carbons (Fsp3) is 0.909. The molecular formula is C11H15O2Rf-. The normalized spacial score (nSPS) is 48.4. The molecule has 0 saturated heterocycles. The van der Waals surface area contributed by atoms with Gasteiger partial charge in [0, 0.05) is 0 Å². The zero-order valence-corrected chi connectivity index (χ0v) is 14.9. The summed E-state index contributed by atoms with van der Waals surface area (Å²) in [5.41, 5.74) is -0.0729. The van der Waals surface area contributed by atoms with Gasteiger partial charge in [-0.1, -0.05) is 6.47 Å². The van der Waals surface area contributed by atoms with E-state index in [-0.39, 0.29) is 5.60 Å². The van der Waals surface area contributed by atoms with Crippen molar-refractivity contribution in [2.75, 3.05) is 0 Å². The fourth-order valence-corrected chi connectivity index (χ4v) is 4.24. The van der Waals surface area contributed by atoms with Gasteiger partial charge in [-0.15, -0.1) is 0 Å². The molecule has 0 spiro atoms. The molecule has 4 aliphatic rings. The van der Waals surface area contributed by atoms with Crippen LogP contribution in [-0.2, 0) is 9.53 Å². The van der Waals surface area contributed by atoms with Crippen molar-refractivity contribution in [3.8, 4) is 0 Å². The van der Waals surface area contributed by atoms with Crippen molar-refractivity contribution in [3.63, 3.8) is 0 Å². The predicted molar refractivity (Wildman–Crippen MR) is 47.7 cm³/mol. The summed E-state index contributed by atoms with van der Waals surface area (Å²) in [5, 5.41) is 0. The largest absolute Gasteiger partial charge is 0.648 e. The monoisotopic (exact) mass is 446 g/mol. The van der Waals surface area contributed by atoms with Crippen LogP contribution in [-0.4, -0.2) is 12.1 Å². The Morgan fingerprint density at radius 3 is 1.79 bits per heavy atom. The van der Waals surface area contributed by atoms with Gasteiger partial charge in [-0.2, -0.15) is 0 Å². The first-order chi connectivity index (χ1) is 6.30. The Labute approximate surface area is 78.6 Å². The van der Waals surface area contributed by atoms with Crippen molar-refractivity contribution in [2.24, 2.45) is 17.8 Å². The van der Waals surface area contributed by atoms with Gasteiger partial charge in [-0.25, -0.2) is 0 Å². The fourth-order valence-electron chi connectivity index (χ4n) is 4.24. The molecule has 0 heterocycles. The maximum Gasteiger partial charge on any atom is 0.0718 e. The summed E-state index contributed by atoms with van der Waals surface area (Å²) < 4.78 is 5.24. The van der Waals surface area contributed by atoms with E-state index in [0.29, 0.717) is 0 Å². The number of rotatable bonds is 2. The molecule has 0 amide bonds. The van der Waals surface area contributed by atoms with Crippen LogP contribution in [0.5, 0.6) is 0 Å². The molecular weight excluding hydrogens is 431 g/mol. The number of ether oxygens (including phenoxy) is 1. The summed E-state index contributed by atoms with van der Waals surface area (Å²) in [6.07, 6.45) is 7.53. The molecule has 0 radical (unpaired) electrons. The zero-order chi connectivity index (χ0) is 8.89. The average molecular weight is 446 g/mol. The summed E-state index contributed by atoms with van der Waals surface area (Å²) >= 11 is 0. The third-order valence-electron chi connectivity index (χ3n) is 4.24. The van der Waals surface area contributed by atoms with E-state index in [9.17, 15) is 4.79 Å². The minimum absolute atomic E-state index is 0. The Hall–Kier alpha value is -1.53. The van der Waals surface area contributed by atoms with Crippen LogP contribution in [0.4, 0.5) is 0 Å². The molecule has 4 aliphatic carbocycles. The van der Waals surface area contributed by atoms with Gasteiger partial charge in [0.05, 0.1) is 5.60 Å². The second-order valence-corrected chi connectivity index (χ2v) is 5.29. The van der Waals surface area contributed by atoms with Crippen molar-refractivity contribution in [1.29, 1.82) is 0 Å². The van der Waals surface area contributed by atoms with Crippen molar-refractivity contribution in [2.45, 2.75) is 44.1 Å². The second-order valence-electron chi connectivity index (χ2n) is 5.29. The predicted octanol–water partition coefficient (Wildman–Crippen LogP) is 2.04. The first-order valence-corrected chi connectivity index (χ1v) is 5.35. The first-order valence-electron chi connectivity index (χ1n) is 5.35. The van der Waals surface area contributed by atoms with Gasteiger partial charge in [-0.05, 0) is 56.3 Å². The van der Waals surface area contributed by atoms with Crippen LogP contribution in [0, 0.1) is 17.8 Å². The third kappa shape index (κ3) is 1.08. The van der Waals surface area contributed by atoms with Crippen LogP contribution in [0.2, 0.25) is 0 Å². The van der Waals surface area contributed by atoms with Crippen LogP contribution in [0.1, 0.15) is 38.5 Å². The maximum atomic E-state index is 10.3. The minimum Gasteiger partial charge on any atom is -0.648 e. The van der Waals surface area contributed by atoms with Crippen molar-refractivity contribution in [3.05, 3.63) is 0 Å². The molecule has 3 heteroatoms. The Bertz CT molecular complexity index is 204. The van der Waals surface area contributed by atoms with E-state index in [2.05, 4.69) is 0 Å². The van der Waals surface area contributed by atoms with E-state index in [1.165, 1.54) is 19.3 Å². The molecule has 0 atom stereocenters. The third-order valence-corrected chi connectivity index (χ3v) is 4.24. The minimum atomic E-state index is -0.0729. The molecule has 4 fully saturated rings. The van der Waals surface area contributed by atoms with Gasteiger partial charge in [0.1, 0.15) is 0 Å². The molecule has 4 saturated carbocycles. The van der Waals surface area contributed by atoms with Gasteiger partial charge in [0.2, 0.25) is 0 Å². The van der Waals surface area contributed by atoms with E-state index < -0.39 is 0 Å². The van der Waals surface area contributed by atoms with Gasteiger partial charge in [0.15, 0.2) is 0 Å². The Morgan fingerprint density at radius 2 is 1.43 bits per heavy atom.